The summed E-state index contributed by atoms with van der Waals surface area (Å²) in [7, 11) is -6.33. The second kappa shape index (κ2) is 6.92. The number of hydrogen-bond donors (Lipinski definition) is 2. The summed E-state index contributed by atoms with van der Waals surface area (Å²) in [5, 5.41) is 0. The fourth-order valence-electron chi connectivity index (χ4n) is 2.10. The molecule has 0 amide bonds. The number of sulfonamides is 2. The fraction of sp³-hybridized carbons (Fsp3) is 0.250. The van der Waals surface area contributed by atoms with E-state index in [2.05, 4.69) is 9.44 Å². The Morgan fingerprint density at radius 1 is 0.833 bits per heavy atom. The van der Waals surface area contributed by atoms with Crippen LogP contribution in [-0.4, -0.2) is 23.9 Å². The topological polar surface area (TPSA) is 92.3 Å². The summed E-state index contributed by atoms with van der Waals surface area (Å²) in [6.07, 6.45) is 0. The molecule has 2 N–H and O–H groups in total. The summed E-state index contributed by atoms with van der Waals surface area (Å²) in [4.78, 5) is -0.224. The maximum atomic E-state index is 12.5. The number of rotatable bonds is 6. The van der Waals surface area contributed by atoms with E-state index in [1.165, 1.54) is 25.2 Å². The highest BCUT2D eigenvalue weighted by Gasteiger charge is 2.19. The van der Waals surface area contributed by atoms with Crippen molar-refractivity contribution in [1.29, 1.82) is 0 Å². The predicted octanol–water partition coefficient (Wildman–Crippen LogP) is 2.52. The second-order valence-electron chi connectivity index (χ2n) is 5.57. The van der Waals surface area contributed by atoms with E-state index in [4.69, 9.17) is 0 Å². The molecule has 0 bridgehead atoms. The lowest BCUT2D eigenvalue weighted by Crippen LogP contribution is -2.19. The molecular weight excluding hydrogens is 348 g/mol. The molecule has 0 atom stereocenters. The first-order valence-electron chi connectivity index (χ1n) is 7.32. The molecule has 0 radical (unpaired) electrons. The van der Waals surface area contributed by atoms with Crippen LogP contribution >= 0.6 is 0 Å². The minimum Gasteiger partial charge on any atom is -0.280 e. The van der Waals surface area contributed by atoms with Crippen LogP contribution in [-0.2, 0) is 20.0 Å². The molecule has 0 fully saturated rings. The molecule has 0 saturated carbocycles. The highest BCUT2D eigenvalue weighted by atomic mass is 32.2. The van der Waals surface area contributed by atoms with Gasteiger partial charge in [-0.05, 0) is 48.9 Å². The first kappa shape index (κ1) is 18.4. The molecule has 130 valence electrons. The molecule has 2 aromatic carbocycles. The van der Waals surface area contributed by atoms with Crippen molar-refractivity contribution >= 4 is 25.7 Å². The molecule has 0 aliphatic carbocycles. The van der Waals surface area contributed by atoms with Gasteiger partial charge in [-0.15, -0.1) is 0 Å². The number of hydrogen-bond acceptors (Lipinski definition) is 4. The van der Waals surface area contributed by atoms with Crippen molar-refractivity contribution < 1.29 is 16.8 Å². The summed E-state index contributed by atoms with van der Waals surface area (Å²) in [6, 6.07) is 12.3. The molecule has 0 spiro atoms. The Bertz CT molecular complexity index is 936. The summed E-state index contributed by atoms with van der Waals surface area (Å²) in [5.41, 5.74) is 1.43. The summed E-state index contributed by atoms with van der Waals surface area (Å²) < 4.78 is 53.4. The number of anilines is 1. The molecule has 8 heteroatoms. The van der Waals surface area contributed by atoms with Crippen molar-refractivity contribution in [2.45, 2.75) is 29.6 Å². The van der Waals surface area contributed by atoms with Crippen LogP contribution in [0.3, 0.4) is 0 Å². The number of nitrogens with one attached hydrogen (secondary N) is 2. The Morgan fingerprint density at radius 3 is 2.00 bits per heavy atom. The van der Waals surface area contributed by atoms with Crippen LogP contribution in [0.1, 0.15) is 25.3 Å². The van der Waals surface area contributed by atoms with Gasteiger partial charge in [0.25, 0.3) is 10.0 Å². The van der Waals surface area contributed by atoms with Gasteiger partial charge in [0.2, 0.25) is 10.0 Å². The third-order valence-corrected chi connectivity index (χ3v) is 6.29. The molecular formula is C16H20N2O4S2. The summed E-state index contributed by atoms with van der Waals surface area (Å²) in [5.74, 6) is 0.263. The average molecular weight is 368 g/mol. The van der Waals surface area contributed by atoms with Gasteiger partial charge in [0, 0.05) is 5.69 Å². The average Bonchev–Trinajstić information content (AvgIpc) is 2.55. The lowest BCUT2D eigenvalue weighted by molar-refractivity contribution is 0.588. The highest BCUT2D eigenvalue weighted by Crippen LogP contribution is 2.22. The van der Waals surface area contributed by atoms with Crippen molar-refractivity contribution in [2.75, 3.05) is 11.8 Å². The molecule has 0 unspecified atom stereocenters. The summed E-state index contributed by atoms with van der Waals surface area (Å²) in [6.45, 7) is 4.03. The normalized spacial score (nSPS) is 12.3. The van der Waals surface area contributed by atoms with Crippen molar-refractivity contribution in [1.82, 2.24) is 4.72 Å². The van der Waals surface area contributed by atoms with Crippen molar-refractivity contribution in [3.63, 3.8) is 0 Å². The van der Waals surface area contributed by atoms with Gasteiger partial charge in [0.05, 0.1) is 9.79 Å². The monoisotopic (exact) mass is 368 g/mol. The minimum atomic E-state index is -3.89. The van der Waals surface area contributed by atoms with E-state index < -0.39 is 20.0 Å². The van der Waals surface area contributed by atoms with Gasteiger partial charge in [0.15, 0.2) is 0 Å². The van der Waals surface area contributed by atoms with Crippen LogP contribution in [0.5, 0.6) is 0 Å². The highest BCUT2D eigenvalue weighted by molar-refractivity contribution is 7.93. The van der Waals surface area contributed by atoms with E-state index in [1.54, 1.807) is 18.2 Å². The van der Waals surface area contributed by atoms with Crippen molar-refractivity contribution in [3.8, 4) is 0 Å². The van der Waals surface area contributed by atoms with Crippen LogP contribution in [0.25, 0.3) is 0 Å². The first-order chi connectivity index (χ1) is 11.2. The van der Waals surface area contributed by atoms with Gasteiger partial charge < -0.3 is 0 Å². The zero-order chi connectivity index (χ0) is 18.0. The molecule has 24 heavy (non-hydrogen) atoms. The molecule has 0 aliphatic heterocycles. The van der Waals surface area contributed by atoms with Gasteiger partial charge in [-0.2, -0.15) is 0 Å². The van der Waals surface area contributed by atoms with E-state index in [9.17, 15) is 16.8 Å². The largest absolute Gasteiger partial charge is 0.280 e. The van der Waals surface area contributed by atoms with Crippen molar-refractivity contribution in [2.24, 2.45) is 0 Å². The third-order valence-electron chi connectivity index (χ3n) is 3.50. The van der Waals surface area contributed by atoms with Crippen LogP contribution in [0.4, 0.5) is 5.69 Å². The Labute approximate surface area is 143 Å². The molecule has 0 aromatic heterocycles. The van der Waals surface area contributed by atoms with E-state index >= 15 is 0 Å². The van der Waals surface area contributed by atoms with Crippen LogP contribution in [0.2, 0.25) is 0 Å². The SMILES string of the molecule is CNS(=O)(=O)c1cccc(S(=O)(=O)Nc2cccc(C(C)C)c2)c1. The molecule has 0 aliphatic rings. The number of benzene rings is 2. The smallest absolute Gasteiger partial charge is 0.261 e. The van der Waals surface area contributed by atoms with Gasteiger partial charge in [-0.1, -0.05) is 32.0 Å². The van der Waals surface area contributed by atoms with Crippen LogP contribution in [0.15, 0.2) is 58.3 Å². The molecule has 0 saturated heterocycles. The van der Waals surface area contributed by atoms with Crippen LogP contribution in [0, 0.1) is 0 Å². The van der Waals surface area contributed by atoms with E-state index in [-0.39, 0.29) is 15.7 Å². The van der Waals surface area contributed by atoms with Crippen molar-refractivity contribution in [3.05, 3.63) is 54.1 Å². The molecule has 2 aromatic rings. The van der Waals surface area contributed by atoms with Gasteiger partial charge in [-0.3, -0.25) is 4.72 Å². The predicted molar refractivity (Wildman–Crippen MR) is 94.0 cm³/mol. The zero-order valence-electron chi connectivity index (χ0n) is 13.6. The van der Waals surface area contributed by atoms with Crippen LogP contribution < -0.4 is 9.44 Å². The molecule has 0 heterocycles. The summed E-state index contributed by atoms with van der Waals surface area (Å²) >= 11 is 0. The Kier molecular flexibility index (Phi) is 5.32. The lowest BCUT2D eigenvalue weighted by atomic mass is 10.0. The molecule has 6 nitrogen and oxygen atoms in total. The van der Waals surface area contributed by atoms with Gasteiger partial charge >= 0.3 is 0 Å². The molecule has 2 rings (SSSR count). The van der Waals surface area contributed by atoms with Gasteiger partial charge in [0.1, 0.15) is 0 Å². The van der Waals surface area contributed by atoms with E-state index in [0.717, 1.165) is 11.6 Å². The Morgan fingerprint density at radius 2 is 1.42 bits per heavy atom. The van der Waals surface area contributed by atoms with Gasteiger partial charge in [-0.25, -0.2) is 21.6 Å². The standard InChI is InChI=1S/C16H20N2O4S2/c1-12(2)13-6-4-7-14(10-13)18-24(21,22)16-9-5-8-15(11-16)23(19,20)17-3/h4-12,17-18H,1-3H3. The minimum absolute atomic E-state index is 0.108. The Balaban J connectivity index is 2.38. The maximum absolute atomic E-state index is 12.5. The van der Waals surface area contributed by atoms with E-state index in [1.807, 2.05) is 19.9 Å². The second-order valence-corrected chi connectivity index (χ2v) is 9.14. The van der Waals surface area contributed by atoms with E-state index in [0.29, 0.717) is 5.69 Å². The Hall–Kier alpha value is -1.90. The quantitative estimate of drug-likeness (QED) is 0.819. The first-order valence-corrected chi connectivity index (χ1v) is 10.3. The fourth-order valence-corrected chi connectivity index (χ4v) is 4.05. The third kappa shape index (κ3) is 4.14. The zero-order valence-corrected chi connectivity index (χ0v) is 15.3. The lowest BCUT2D eigenvalue weighted by Gasteiger charge is -2.12. The maximum Gasteiger partial charge on any atom is 0.261 e.